The minimum absolute atomic E-state index is 0.0249. The minimum atomic E-state index is -2.90. The van der Waals surface area contributed by atoms with Crippen LogP contribution >= 0.6 is 0 Å². The Morgan fingerprint density at radius 3 is 2.71 bits per heavy atom. The maximum absolute atomic E-state index is 12.1. The number of alkyl halides is 2. The topological polar surface area (TPSA) is 50.4 Å². The van der Waals surface area contributed by atoms with Crippen LogP contribution in [-0.2, 0) is 4.79 Å². The van der Waals surface area contributed by atoms with Gasteiger partial charge in [0.1, 0.15) is 5.75 Å². The number of halogens is 2. The molecule has 2 N–H and O–H groups in total. The molecule has 1 saturated heterocycles. The van der Waals surface area contributed by atoms with Gasteiger partial charge in [-0.3, -0.25) is 4.79 Å². The van der Waals surface area contributed by atoms with Crippen molar-refractivity contribution in [3.8, 4) is 5.75 Å². The van der Waals surface area contributed by atoms with Gasteiger partial charge in [-0.1, -0.05) is 12.1 Å². The molecular formula is C11H12F2N2O2. The van der Waals surface area contributed by atoms with Gasteiger partial charge in [-0.15, -0.1) is 0 Å². The van der Waals surface area contributed by atoms with Crippen molar-refractivity contribution in [2.75, 3.05) is 18.4 Å². The second kappa shape index (κ2) is 5.09. The number of amides is 1. The van der Waals surface area contributed by atoms with Crippen LogP contribution in [0.2, 0.25) is 0 Å². The zero-order chi connectivity index (χ0) is 12.3. The van der Waals surface area contributed by atoms with Gasteiger partial charge >= 0.3 is 6.61 Å². The molecule has 0 spiro atoms. The van der Waals surface area contributed by atoms with Crippen LogP contribution in [0.3, 0.4) is 0 Å². The lowest BCUT2D eigenvalue weighted by atomic mass is 10.0. The van der Waals surface area contributed by atoms with E-state index >= 15 is 0 Å². The summed E-state index contributed by atoms with van der Waals surface area (Å²) in [6.07, 6.45) is 0. The number of ether oxygens (including phenoxy) is 1. The van der Waals surface area contributed by atoms with Crippen LogP contribution in [0.1, 0.15) is 0 Å². The highest BCUT2D eigenvalue weighted by molar-refractivity contribution is 5.94. The van der Waals surface area contributed by atoms with E-state index in [0.29, 0.717) is 13.1 Å². The number of hydrogen-bond donors (Lipinski definition) is 2. The van der Waals surface area contributed by atoms with Crippen molar-refractivity contribution in [3.05, 3.63) is 24.3 Å². The summed E-state index contributed by atoms with van der Waals surface area (Å²) in [5.74, 6) is -0.313. The molecule has 2 rings (SSSR count). The van der Waals surface area contributed by atoms with Gasteiger partial charge in [0, 0.05) is 13.1 Å². The van der Waals surface area contributed by atoms with Crippen molar-refractivity contribution in [3.63, 3.8) is 0 Å². The summed E-state index contributed by atoms with van der Waals surface area (Å²) in [4.78, 5) is 11.6. The quantitative estimate of drug-likeness (QED) is 0.840. The first-order valence-electron chi connectivity index (χ1n) is 5.22. The molecule has 0 aliphatic carbocycles. The first kappa shape index (κ1) is 11.8. The third kappa shape index (κ3) is 2.91. The lowest BCUT2D eigenvalue weighted by Crippen LogP contribution is -2.48. The van der Waals surface area contributed by atoms with Gasteiger partial charge < -0.3 is 15.4 Å². The standard InChI is InChI=1S/C11H12F2N2O2/c12-11(13)17-9-4-2-1-3-8(9)15-10(16)7-5-14-6-7/h1-4,7,11,14H,5-6H2,(H,15,16). The second-order valence-electron chi connectivity index (χ2n) is 3.72. The molecule has 1 amide bonds. The van der Waals surface area contributed by atoms with Crippen molar-refractivity contribution in [1.82, 2.24) is 5.32 Å². The highest BCUT2D eigenvalue weighted by Gasteiger charge is 2.25. The Morgan fingerprint density at radius 2 is 2.12 bits per heavy atom. The average molecular weight is 242 g/mol. The number of benzene rings is 1. The Labute approximate surface area is 97.0 Å². The molecule has 4 nitrogen and oxygen atoms in total. The van der Waals surface area contributed by atoms with E-state index in [-0.39, 0.29) is 23.3 Å². The first-order chi connectivity index (χ1) is 8.16. The maximum atomic E-state index is 12.1. The Hall–Kier alpha value is -1.69. The molecule has 0 atom stereocenters. The van der Waals surface area contributed by atoms with Gasteiger partial charge in [-0.05, 0) is 12.1 Å². The van der Waals surface area contributed by atoms with E-state index in [1.54, 1.807) is 12.1 Å². The normalized spacial score (nSPS) is 15.5. The highest BCUT2D eigenvalue weighted by atomic mass is 19.3. The summed E-state index contributed by atoms with van der Waals surface area (Å²) < 4.78 is 28.6. The first-order valence-corrected chi connectivity index (χ1v) is 5.22. The number of carbonyl (C=O) groups is 1. The molecular weight excluding hydrogens is 230 g/mol. The lowest BCUT2D eigenvalue weighted by molar-refractivity contribution is -0.121. The van der Waals surface area contributed by atoms with Crippen LogP contribution in [0.15, 0.2) is 24.3 Å². The van der Waals surface area contributed by atoms with E-state index in [9.17, 15) is 13.6 Å². The highest BCUT2D eigenvalue weighted by Crippen LogP contribution is 2.26. The maximum Gasteiger partial charge on any atom is 0.387 e. The van der Waals surface area contributed by atoms with E-state index in [1.165, 1.54) is 12.1 Å². The summed E-state index contributed by atoms with van der Waals surface area (Å²) in [6, 6.07) is 6.13. The molecule has 17 heavy (non-hydrogen) atoms. The average Bonchev–Trinajstić information content (AvgIpc) is 2.17. The number of para-hydroxylation sites is 2. The summed E-state index contributed by atoms with van der Waals surface area (Å²) in [5, 5.41) is 5.54. The Bertz CT molecular complexity index is 408. The van der Waals surface area contributed by atoms with Crippen molar-refractivity contribution >= 4 is 11.6 Å². The monoisotopic (exact) mass is 242 g/mol. The molecule has 1 aromatic carbocycles. The summed E-state index contributed by atoms with van der Waals surface area (Å²) in [6.45, 7) is -1.67. The molecule has 1 aliphatic rings. The zero-order valence-electron chi connectivity index (χ0n) is 8.95. The predicted octanol–water partition coefficient (Wildman–Crippen LogP) is 1.45. The number of anilines is 1. The van der Waals surface area contributed by atoms with Gasteiger partial charge in [0.2, 0.25) is 5.91 Å². The Kier molecular flexibility index (Phi) is 3.53. The third-order valence-electron chi connectivity index (χ3n) is 2.51. The molecule has 1 heterocycles. The van der Waals surface area contributed by atoms with Gasteiger partial charge in [0.15, 0.2) is 0 Å². The van der Waals surface area contributed by atoms with E-state index in [2.05, 4.69) is 15.4 Å². The largest absolute Gasteiger partial charge is 0.433 e. The molecule has 0 radical (unpaired) electrons. The molecule has 0 bridgehead atoms. The molecule has 0 saturated carbocycles. The molecule has 6 heteroatoms. The van der Waals surface area contributed by atoms with Crippen molar-refractivity contribution in [2.24, 2.45) is 5.92 Å². The van der Waals surface area contributed by atoms with Crippen LogP contribution in [-0.4, -0.2) is 25.6 Å². The van der Waals surface area contributed by atoms with Crippen LogP contribution in [0.4, 0.5) is 14.5 Å². The summed E-state index contributed by atoms with van der Waals surface area (Å²) in [7, 11) is 0. The van der Waals surface area contributed by atoms with Crippen LogP contribution in [0, 0.1) is 5.92 Å². The van der Waals surface area contributed by atoms with E-state index in [1.807, 2.05) is 0 Å². The second-order valence-corrected chi connectivity index (χ2v) is 3.72. The van der Waals surface area contributed by atoms with Crippen molar-refractivity contribution in [2.45, 2.75) is 6.61 Å². The van der Waals surface area contributed by atoms with Gasteiger partial charge in [0.05, 0.1) is 11.6 Å². The van der Waals surface area contributed by atoms with Gasteiger partial charge in [-0.25, -0.2) is 0 Å². The molecule has 0 unspecified atom stereocenters. The van der Waals surface area contributed by atoms with Gasteiger partial charge in [-0.2, -0.15) is 8.78 Å². The smallest absolute Gasteiger partial charge is 0.387 e. The molecule has 1 fully saturated rings. The van der Waals surface area contributed by atoms with E-state index in [4.69, 9.17) is 0 Å². The van der Waals surface area contributed by atoms with Crippen molar-refractivity contribution in [1.29, 1.82) is 0 Å². The Morgan fingerprint density at radius 1 is 1.41 bits per heavy atom. The van der Waals surface area contributed by atoms with Crippen LogP contribution in [0.5, 0.6) is 5.75 Å². The number of rotatable bonds is 4. The zero-order valence-corrected chi connectivity index (χ0v) is 8.95. The number of hydrogen-bond acceptors (Lipinski definition) is 3. The molecule has 92 valence electrons. The number of nitrogens with one attached hydrogen (secondary N) is 2. The lowest BCUT2D eigenvalue weighted by Gasteiger charge is -2.26. The summed E-state index contributed by atoms with van der Waals surface area (Å²) in [5.41, 5.74) is 0.268. The van der Waals surface area contributed by atoms with Crippen LogP contribution in [0.25, 0.3) is 0 Å². The Balaban J connectivity index is 2.05. The predicted molar refractivity (Wildman–Crippen MR) is 58.1 cm³/mol. The number of carbonyl (C=O) groups excluding carboxylic acids is 1. The fraction of sp³-hybridized carbons (Fsp3) is 0.364. The fourth-order valence-electron chi connectivity index (χ4n) is 1.48. The van der Waals surface area contributed by atoms with E-state index in [0.717, 1.165) is 0 Å². The van der Waals surface area contributed by atoms with Gasteiger partial charge in [0.25, 0.3) is 0 Å². The van der Waals surface area contributed by atoms with Crippen LogP contribution < -0.4 is 15.4 Å². The van der Waals surface area contributed by atoms with E-state index < -0.39 is 6.61 Å². The molecule has 1 aliphatic heterocycles. The third-order valence-corrected chi connectivity index (χ3v) is 2.51. The SMILES string of the molecule is O=C(Nc1ccccc1OC(F)F)C1CNC1. The fourth-order valence-corrected chi connectivity index (χ4v) is 1.48. The van der Waals surface area contributed by atoms with Crippen molar-refractivity contribution < 1.29 is 18.3 Å². The minimum Gasteiger partial charge on any atom is -0.433 e. The molecule has 1 aromatic rings. The summed E-state index contributed by atoms with van der Waals surface area (Å²) >= 11 is 0. The molecule has 0 aromatic heterocycles.